The number of halogens is 6. The zero-order valence-electron chi connectivity index (χ0n) is 5.71. The van der Waals surface area contributed by atoms with Gasteiger partial charge in [-0.15, -0.1) is 0 Å². The van der Waals surface area contributed by atoms with Crippen molar-refractivity contribution in [3.8, 4) is 0 Å². The minimum atomic E-state index is -5.52. The van der Waals surface area contributed by atoms with Gasteiger partial charge in [-0.2, -0.15) is 22.0 Å². The van der Waals surface area contributed by atoms with Gasteiger partial charge in [-0.25, -0.2) is 0 Å². The fraction of sp³-hybridized carbons (Fsp3) is 1.00. The van der Waals surface area contributed by atoms with E-state index >= 15 is 0 Å². The van der Waals surface area contributed by atoms with Crippen LogP contribution in [0.1, 0.15) is 6.42 Å². The van der Waals surface area contributed by atoms with E-state index in [0.717, 1.165) is 0 Å². The van der Waals surface area contributed by atoms with Gasteiger partial charge in [-0.3, -0.25) is 0 Å². The molecule has 0 fully saturated rings. The highest BCUT2D eigenvalue weighted by Gasteiger charge is 2.57. The molecule has 0 amide bonds. The SMILES string of the molecule is OCC(I)CC(F)(F)C(F)(F)F. The van der Waals surface area contributed by atoms with E-state index in [2.05, 4.69) is 0 Å². The number of hydrogen-bond acceptors (Lipinski definition) is 1. The second-order valence-electron chi connectivity index (χ2n) is 2.19. The molecule has 0 aliphatic heterocycles. The standard InChI is InChI=1S/C5H6F5IO/c6-4(7,5(8,9)10)1-3(11)2-12/h3,12H,1-2H2. The van der Waals surface area contributed by atoms with Gasteiger partial charge in [0.15, 0.2) is 0 Å². The van der Waals surface area contributed by atoms with Crippen LogP contribution in [-0.4, -0.2) is 27.7 Å². The van der Waals surface area contributed by atoms with Crippen LogP contribution < -0.4 is 0 Å². The van der Waals surface area contributed by atoms with E-state index in [0.29, 0.717) is 0 Å². The highest BCUT2D eigenvalue weighted by atomic mass is 127. The van der Waals surface area contributed by atoms with Crippen molar-refractivity contribution in [2.24, 2.45) is 0 Å². The molecule has 0 aromatic heterocycles. The Balaban J connectivity index is 4.22. The molecule has 0 aromatic carbocycles. The quantitative estimate of drug-likeness (QED) is 0.482. The zero-order valence-corrected chi connectivity index (χ0v) is 7.86. The van der Waals surface area contributed by atoms with Crippen molar-refractivity contribution in [2.45, 2.75) is 22.4 Å². The van der Waals surface area contributed by atoms with Crippen LogP contribution >= 0.6 is 22.6 Å². The molecular formula is C5H6F5IO. The summed E-state index contributed by atoms with van der Waals surface area (Å²) in [5, 5.41) is 8.26. The van der Waals surface area contributed by atoms with Crippen LogP contribution in [0.15, 0.2) is 0 Å². The summed E-state index contributed by atoms with van der Waals surface area (Å²) in [5.74, 6) is -4.71. The number of aliphatic hydroxyl groups is 1. The number of alkyl halides is 6. The highest BCUT2D eigenvalue weighted by Crippen LogP contribution is 2.39. The van der Waals surface area contributed by atoms with Crippen molar-refractivity contribution in [1.82, 2.24) is 0 Å². The van der Waals surface area contributed by atoms with E-state index in [1.807, 2.05) is 0 Å². The molecule has 0 heterocycles. The topological polar surface area (TPSA) is 20.2 Å². The molecule has 12 heavy (non-hydrogen) atoms. The Morgan fingerprint density at radius 3 is 1.83 bits per heavy atom. The molecule has 0 aliphatic carbocycles. The van der Waals surface area contributed by atoms with Crippen LogP contribution in [0.5, 0.6) is 0 Å². The van der Waals surface area contributed by atoms with Gasteiger partial charge >= 0.3 is 12.1 Å². The zero-order chi connectivity index (χ0) is 9.99. The maximum absolute atomic E-state index is 12.1. The fourth-order valence-corrected chi connectivity index (χ4v) is 1.01. The Labute approximate surface area is 79.1 Å². The van der Waals surface area contributed by atoms with Gasteiger partial charge in [-0.05, 0) is 0 Å². The Hall–Kier alpha value is 0.340. The Morgan fingerprint density at radius 1 is 1.17 bits per heavy atom. The van der Waals surface area contributed by atoms with E-state index in [9.17, 15) is 22.0 Å². The monoisotopic (exact) mass is 304 g/mol. The largest absolute Gasteiger partial charge is 0.453 e. The van der Waals surface area contributed by atoms with Gasteiger partial charge in [-0.1, -0.05) is 22.6 Å². The molecule has 0 aromatic rings. The van der Waals surface area contributed by atoms with Crippen molar-refractivity contribution in [1.29, 1.82) is 0 Å². The molecule has 1 atom stereocenters. The molecule has 74 valence electrons. The van der Waals surface area contributed by atoms with Crippen molar-refractivity contribution in [3.63, 3.8) is 0 Å². The van der Waals surface area contributed by atoms with E-state index in [-0.39, 0.29) is 0 Å². The molecule has 0 bridgehead atoms. The molecule has 0 aliphatic rings. The minimum absolute atomic E-state index is 0.688. The fourth-order valence-electron chi connectivity index (χ4n) is 0.458. The van der Waals surface area contributed by atoms with Crippen LogP contribution in [0.2, 0.25) is 0 Å². The van der Waals surface area contributed by atoms with Gasteiger partial charge in [0.05, 0.1) is 6.61 Å². The molecule has 7 heteroatoms. The van der Waals surface area contributed by atoms with Crippen LogP contribution in [-0.2, 0) is 0 Å². The van der Waals surface area contributed by atoms with E-state index in [1.54, 1.807) is 0 Å². The number of rotatable bonds is 3. The van der Waals surface area contributed by atoms with E-state index in [4.69, 9.17) is 5.11 Å². The predicted molar refractivity (Wildman–Crippen MR) is 40.5 cm³/mol. The van der Waals surface area contributed by atoms with Crippen molar-refractivity contribution in [3.05, 3.63) is 0 Å². The van der Waals surface area contributed by atoms with E-state index in [1.165, 1.54) is 22.6 Å². The lowest BCUT2D eigenvalue weighted by Crippen LogP contribution is -2.39. The lowest BCUT2D eigenvalue weighted by Gasteiger charge is -2.21. The van der Waals surface area contributed by atoms with Gasteiger partial charge in [0, 0.05) is 10.3 Å². The maximum atomic E-state index is 12.1. The maximum Gasteiger partial charge on any atom is 0.453 e. The lowest BCUT2D eigenvalue weighted by atomic mass is 10.2. The summed E-state index contributed by atoms with van der Waals surface area (Å²) in [4.78, 5) is 0. The van der Waals surface area contributed by atoms with Gasteiger partial charge in [0.2, 0.25) is 0 Å². The third-order valence-electron chi connectivity index (χ3n) is 1.09. The predicted octanol–water partition coefficient (Wildman–Crippen LogP) is 2.37. The van der Waals surface area contributed by atoms with Gasteiger partial charge in [0.1, 0.15) is 0 Å². The van der Waals surface area contributed by atoms with Crippen LogP contribution in [0.3, 0.4) is 0 Å². The third kappa shape index (κ3) is 3.38. The molecule has 1 unspecified atom stereocenters. The summed E-state index contributed by atoms with van der Waals surface area (Å²) >= 11 is 1.34. The molecule has 1 N–H and O–H groups in total. The molecule has 0 saturated heterocycles. The molecule has 0 saturated carbocycles. The van der Waals surface area contributed by atoms with Gasteiger partial charge in [0.25, 0.3) is 0 Å². The summed E-state index contributed by atoms with van der Waals surface area (Å²) in [6.45, 7) is -0.688. The second-order valence-corrected chi connectivity index (χ2v) is 3.95. The Kier molecular flexibility index (Phi) is 4.15. The number of hydrogen-bond donors (Lipinski definition) is 1. The Morgan fingerprint density at radius 2 is 1.58 bits per heavy atom. The smallest absolute Gasteiger partial charge is 0.395 e. The van der Waals surface area contributed by atoms with Crippen molar-refractivity contribution >= 4 is 22.6 Å². The van der Waals surface area contributed by atoms with E-state index < -0.39 is 29.1 Å². The van der Waals surface area contributed by atoms with Crippen molar-refractivity contribution in [2.75, 3.05) is 6.61 Å². The van der Waals surface area contributed by atoms with Crippen molar-refractivity contribution < 1.29 is 27.1 Å². The highest BCUT2D eigenvalue weighted by molar-refractivity contribution is 14.1. The first-order valence-electron chi connectivity index (χ1n) is 2.90. The normalized spacial score (nSPS) is 16.2. The molecule has 0 rings (SSSR count). The second kappa shape index (κ2) is 4.03. The first-order chi connectivity index (χ1) is 5.20. The van der Waals surface area contributed by atoms with Crippen LogP contribution in [0.4, 0.5) is 22.0 Å². The molecule has 0 radical (unpaired) electrons. The first-order valence-corrected chi connectivity index (χ1v) is 4.15. The molecule has 1 nitrogen and oxygen atoms in total. The first kappa shape index (κ1) is 12.3. The molecule has 0 spiro atoms. The van der Waals surface area contributed by atoms with Crippen LogP contribution in [0, 0.1) is 0 Å². The average Bonchev–Trinajstić information content (AvgIpc) is 1.84. The summed E-state index contributed by atoms with van der Waals surface area (Å²) in [5.41, 5.74) is 0. The Bertz CT molecular complexity index is 145. The third-order valence-corrected chi connectivity index (χ3v) is 1.92. The summed E-state index contributed by atoms with van der Waals surface area (Å²) in [6, 6.07) is 0. The summed E-state index contributed by atoms with van der Waals surface area (Å²) in [6.07, 6.45) is -6.90. The minimum Gasteiger partial charge on any atom is -0.395 e. The lowest BCUT2D eigenvalue weighted by molar-refractivity contribution is -0.284. The molecular weight excluding hydrogens is 298 g/mol. The number of aliphatic hydroxyl groups excluding tert-OH is 1. The summed E-state index contributed by atoms with van der Waals surface area (Å²) in [7, 11) is 0. The van der Waals surface area contributed by atoms with Crippen LogP contribution in [0.25, 0.3) is 0 Å². The summed E-state index contributed by atoms with van der Waals surface area (Å²) < 4.78 is 57.7. The van der Waals surface area contributed by atoms with Gasteiger partial charge < -0.3 is 5.11 Å². The average molecular weight is 304 g/mol.